The summed E-state index contributed by atoms with van der Waals surface area (Å²) in [6, 6.07) is 14.5. The summed E-state index contributed by atoms with van der Waals surface area (Å²) in [5.41, 5.74) is 3.71. The Balaban J connectivity index is 1.63. The van der Waals surface area contributed by atoms with Crippen molar-refractivity contribution in [1.29, 1.82) is 0 Å². The highest BCUT2D eigenvalue weighted by molar-refractivity contribution is 5.79. The number of aliphatic imine (C=N–C) groups is 1. The van der Waals surface area contributed by atoms with Crippen LogP contribution in [0.15, 0.2) is 66.0 Å². The first-order chi connectivity index (χ1) is 13.7. The number of pyridine rings is 1. The van der Waals surface area contributed by atoms with Gasteiger partial charge in [0.1, 0.15) is 0 Å². The number of aromatic nitrogens is 3. The first-order valence-corrected chi connectivity index (χ1v) is 9.69. The van der Waals surface area contributed by atoms with E-state index in [2.05, 4.69) is 65.8 Å². The molecule has 6 nitrogen and oxygen atoms in total. The van der Waals surface area contributed by atoms with Crippen molar-refractivity contribution in [2.45, 2.75) is 33.2 Å². The second kappa shape index (κ2) is 9.69. The number of rotatable bonds is 7. The Morgan fingerprint density at radius 3 is 2.79 bits per heavy atom. The molecule has 0 saturated carbocycles. The molecule has 2 heterocycles. The number of hydrogen-bond donors (Lipinski definition) is 2. The molecule has 0 saturated heterocycles. The van der Waals surface area contributed by atoms with Gasteiger partial charge >= 0.3 is 0 Å². The van der Waals surface area contributed by atoms with Gasteiger partial charge in [0.2, 0.25) is 0 Å². The third-order valence-electron chi connectivity index (χ3n) is 4.50. The van der Waals surface area contributed by atoms with E-state index in [9.17, 15) is 0 Å². The minimum absolute atomic E-state index is 0.399. The Labute approximate surface area is 166 Å². The van der Waals surface area contributed by atoms with Gasteiger partial charge in [-0.25, -0.2) is 14.7 Å². The van der Waals surface area contributed by atoms with Gasteiger partial charge in [-0.05, 0) is 49.1 Å². The van der Waals surface area contributed by atoms with E-state index < -0.39 is 0 Å². The lowest BCUT2D eigenvalue weighted by Crippen LogP contribution is -2.39. The van der Waals surface area contributed by atoms with Crippen molar-refractivity contribution in [2.75, 3.05) is 13.1 Å². The highest BCUT2D eigenvalue weighted by Gasteiger charge is 2.07. The first kappa shape index (κ1) is 19.6. The molecule has 3 rings (SSSR count). The molecular formula is C22H28N6. The Hall–Kier alpha value is -3.15. The summed E-state index contributed by atoms with van der Waals surface area (Å²) in [7, 11) is 0. The normalized spacial score (nSPS) is 12.6. The summed E-state index contributed by atoms with van der Waals surface area (Å²) in [6.07, 6.45) is 5.42. The monoisotopic (exact) mass is 376 g/mol. The zero-order valence-electron chi connectivity index (χ0n) is 16.8. The predicted molar refractivity (Wildman–Crippen MR) is 114 cm³/mol. The van der Waals surface area contributed by atoms with Gasteiger partial charge in [-0.1, -0.05) is 36.8 Å². The maximum absolute atomic E-state index is 4.73. The highest BCUT2D eigenvalue weighted by Crippen LogP contribution is 2.15. The average molecular weight is 377 g/mol. The van der Waals surface area contributed by atoms with Gasteiger partial charge in [0, 0.05) is 31.7 Å². The largest absolute Gasteiger partial charge is 0.357 e. The molecule has 0 aliphatic rings. The quantitative estimate of drug-likeness (QED) is 0.490. The molecular weight excluding hydrogens is 348 g/mol. The predicted octanol–water partition coefficient (Wildman–Crippen LogP) is 3.43. The maximum atomic E-state index is 4.73. The smallest absolute Gasteiger partial charge is 0.191 e. The fraction of sp³-hybridized carbons (Fsp3) is 0.318. The summed E-state index contributed by atoms with van der Waals surface area (Å²) in [6.45, 7) is 8.64. The number of hydrogen-bond acceptors (Lipinski definition) is 3. The Morgan fingerprint density at radius 1 is 1.14 bits per heavy atom. The molecule has 0 fully saturated rings. The van der Waals surface area contributed by atoms with Crippen molar-refractivity contribution < 1.29 is 0 Å². The summed E-state index contributed by atoms with van der Waals surface area (Å²) >= 11 is 0. The minimum atomic E-state index is 0.399. The molecule has 0 bridgehead atoms. The lowest BCUT2D eigenvalue weighted by atomic mass is 9.99. The van der Waals surface area contributed by atoms with E-state index in [4.69, 9.17) is 4.99 Å². The van der Waals surface area contributed by atoms with Crippen LogP contribution in [0.25, 0.3) is 5.82 Å². The van der Waals surface area contributed by atoms with E-state index in [1.807, 2.05) is 24.4 Å². The van der Waals surface area contributed by atoms with Crippen LogP contribution in [-0.4, -0.2) is 33.8 Å². The molecule has 0 radical (unpaired) electrons. The number of aryl methyl sites for hydroxylation is 1. The molecule has 1 atom stereocenters. The SMILES string of the molecule is CCNC(=NCc1ccnc(-n2cccn2)c1)NCC(C)c1cccc(C)c1. The molecule has 6 heteroatoms. The molecule has 0 aliphatic carbocycles. The molecule has 0 aliphatic heterocycles. The Kier molecular flexibility index (Phi) is 6.78. The number of benzene rings is 1. The standard InChI is InChI=1S/C22H28N6/c1-4-23-22(25-15-18(3)20-8-5-7-17(2)13-20)26-16-19-9-11-24-21(14-19)28-12-6-10-27-28/h5-14,18H,4,15-16H2,1-3H3,(H2,23,25,26). The van der Waals surface area contributed by atoms with Crippen LogP contribution in [-0.2, 0) is 6.54 Å². The fourth-order valence-corrected chi connectivity index (χ4v) is 2.94. The van der Waals surface area contributed by atoms with Gasteiger partial charge in [-0.15, -0.1) is 0 Å². The molecule has 1 aromatic carbocycles. The second-order valence-corrected chi connectivity index (χ2v) is 6.86. The molecule has 1 unspecified atom stereocenters. The zero-order valence-corrected chi connectivity index (χ0v) is 16.8. The van der Waals surface area contributed by atoms with E-state index in [0.717, 1.165) is 30.4 Å². The van der Waals surface area contributed by atoms with Gasteiger partial charge in [0.05, 0.1) is 6.54 Å². The molecule has 28 heavy (non-hydrogen) atoms. The molecule has 2 N–H and O–H groups in total. The molecule has 0 amide bonds. The number of nitrogens with zero attached hydrogens (tertiary/aromatic N) is 4. The second-order valence-electron chi connectivity index (χ2n) is 6.86. The van der Waals surface area contributed by atoms with E-state index in [1.54, 1.807) is 17.1 Å². The van der Waals surface area contributed by atoms with Crippen LogP contribution in [0.2, 0.25) is 0 Å². The van der Waals surface area contributed by atoms with Crippen LogP contribution in [0.4, 0.5) is 0 Å². The lowest BCUT2D eigenvalue weighted by molar-refractivity contribution is 0.699. The third kappa shape index (κ3) is 5.42. The van der Waals surface area contributed by atoms with E-state index in [1.165, 1.54) is 11.1 Å². The summed E-state index contributed by atoms with van der Waals surface area (Å²) < 4.78 is 1.75. The topological polar surface area (TPSA) is 67.1 Å². The Bertz CT molecular complexity index is 901. The molecule has 2 aromatic heterocycles. The van der Waals surface area contributed by atoms with Crippen molar-refractivity contribution in [3.8, 4) is 5.82 Å². The van der Waals surface area contributed by atoms with Crippen molar-refractivity contribution in [1.82, 2.24) is 25.4 Å². The van der Waals surface area contributed by atoms with Crippen LogP contribution in [0.5, 0.6) is 0 Å². The lowest BCUT2D eigenvalue weighted by Gasteiger charge is -2.16. The van der Waals surface area contributed by atoms with E-state index in [-0.39, 0.29) is 0 Å². The molecule has 146 valence electrons. The Morgan fingerprint density at radius 2 is 2.04 bits per heavy atom. The number of nitrogens with one attached hydrogen (secondary N) is 2. The van der Waals surface area contributed by atoms with Crippen LogP contribution >= 0.6 is 0 Å². The van der Waals surface area contributed by atoms with Crippen LogP contribution < -0.4 is 10.6 Å². The van der Waals surface area contributed by atoms with Gasteiger partial charge in [0.25, 0.3) is 0 Å². The van der Waals surface area contributed by atoms with Gasteiger partial charge in [0.15, 0.2) is 11.8 Å². The van der Waals surface area contributed by atoms with Crippen molar-refractivity contribution in [3.63, 3.8) is 0 Å². The zero-order chi connectivity index (χ0) is 19.8. The summed E-state index contributed by atoms with van der Waals surface area (Å²) in [5, 5.41) is 11.0. The summed E-state index contributed by atoms with van der Waals surface area (Å²) in [4.78, 5) is 9.09. The van der Waals surface area contributed by atoms with Crippen molar-refractivity contribution in [2.24, 2.45) is 4.99 Å². The first-order valence-electron chi connectivity index (χ1n) is 9.69. The molecule has 0 spiro atoms. The fourth-order valence-electron chi connectivity index (χ4n) is 2.94. The average Bonchev–Trinajstić information content (AvgIpc) is 3.25. The molecule has 3 aromatic rings. The maximum Gasteiger partial charge on any atom is 0.191 e. The van der Waals surface area contributed by atoms with Gasteiger partial charge < -0.3 is 10.6 Å². The van der Waals surface area contributed by atoms with Crippen molar-refractivity contribution >= 4 is 5.96 Å². The van der Waals surface area contributed by atoms with Gasteiger partial charge in [-0.3, -0.25) is 0 Å². The summed E-state index contributed by atoms with van der Waals surface area (Å²) in [5.74, 6) is 2.01. The van der Waals surface area contributed by atoms with Crippen molar-refractivity contribution in [3.05, 3.63) is 77.7 Å². The minimum Gasteiger partial charge on any atom is -0.357 e. The number of guanidine groups is 1. The van der Waals surface area contributed by atoms with Crippen LogP contribution in [0.1, 0.15) is 36.5 Å². The van der Waals surface area contributed by atoms with Gasteiger partial charge in [-0.2, -0.15) is 5.10 Å². The van der Waals surface area contributed by atoms with Crippen LogP contribution in [0, 0.1) is 6.92 Å². The third-order valence-corrected chi connectivity index (χ3v) is 4.50. The van der Waals surface area contributed by atoms with E-state index in [0.29, 0.717) is 12.5 Å². The van der Waals surface area contributed by atoms with E-state index >= 15 is 0 Å². The highest BCUT2D eigenvalue weighted by atomic mass is 15.3. The van der Waals surface area contributed by atoms with Crippen LogP contribution in [0.3, 0.4) is 0 Å².